The molecule has 0 saturated carbocycles. The predicted octanol–water partition coefficient (Wildman–Crippen LogP) is 3.45. The molecule has 3 heteroatoms. The molecule has 0 amide bonds. The van der Waals surface area contributed by atoms with E-state index in [9.17, 15) is 4.79 Å². The lowest BCUT2D eigenvalue weighted by atomic mass is 10.0. The number of hydrogen-bond acceptors (Lipinski definition) is 2. The maximum Gasteiger partial charge on any atom is 0.333 e. The molecule has 0 aromatic heterocycles. The van der Waals surface area contributed by atoms with Gasteiger partial charge in [-0.2, -0.15) is 0 Å². The van der Waals surface area contributed by atoms with E-state index >= 15 is 0 Å². The summed E-state index contributed by atoms with van der Waals surface area (Å²) in [6.45, 7) is 4.64. The van der Waals surface area contributed by atoms with Gasteiger partial charge in [0.25, 0.3) is 0 Å². The molecular weight excluding hydrogens is 240 g/mol. The molecule has 0 saturated heterocycles. The van der Waals surface area contributed by atoms with Gasteiger partial charge in [0.2, 0.25) is 0 Å². The van der Waals surface area contributed by atoms with Crippen LogP contribution in [0.15, 0.2) is 24.3 Å². The number of ether oxygens (including phenoxy) is 1. The molecule has 0 aliphatic heterocycles. The first-order valence-electron chi connectivity index (χ1n) is 7.09. The number of carboxylic acids is 1. The Labute approximate surface area is 115 Å². The number of hydrogen-bond donors (Lipinski definition) is 1. The number of unbranched alkanes of at least 4 members (excludes halogenated alkanes) is 1. The lowest BCUT2D eigenvalue weighted by Crippen LogP contribution is -2.26. The molecular formula is C16H24O3. The summed E-state index contributed by atoms with van der Waals surface area (Å²) in [5, 5.41) is 9.11. The van der Waals surface area contributed by atoms with Gasteiger partial charge in [-0.05, 0) is 30.4 Å². The van der Waals surface area contributed by atoms with Crippen LogP contribution >= 0.6 is 0 Å². The summed E-state index contributed by atoms with van der Waals surface area (Å²) in [5.74, 6) is -0.886. The lowest BCUT2D eigenvalue weighted by molar-refractivity contribution is -0.150. The highest BCUT2D eigenvalue weighted by Crippen LogP contribution is 2.11. The van der Waals surface area contributed by atoms with Crippen molar-refractivity contribution >= 4 is 5.97 Å². The van der Waals surface area contributed by atoms with Crippen molar-refractivity contribution in [3.63, 3.8) is 0 Å². The van der Waals surface area contributed by atoms with Crippen molar-refractivity contribution in [3.05, 3.63) is 35.4 Å². The first kappa shape index (κ1) is 15.7. The maximum atomic E-state index is 11.1. The largest absolute Gasteiger partial charge is 0.479 e. The van der Waals surface area contributed by atoms with Gasteiger partial charge in [0.15, 0.2) is 6.10 Å². The highest BCUT2D eigenvalue weighted by Gasteiger charge is 2.18. The zero-order chi connectivity index (χ0) is 14.1. The first-order chi connectivity index (χ1) is 9.17. The monoisotopic (exact) mass is 264 g/mol. The summed E-state index contributed by atoms with van der Waals surface area (Å²) in [5.41, 5.74) is 2.33. The van der Waals surface area contributed by atoms with E-state index in [1.807, 2.05) is 19.1 Å². The molecule has 19 heavy (non-hydrogen) atoms. The second-order valence-corrected chi connectivity index (χ2v) is 4.82. The fraction of sp³-hybridized carbons (Fsp3) is 0.562. The minimum Gasteiger partial charge on any atom is -0.479 e. The highest BCUT2D eigenvalue weighted by molar-refractivity contribution is 5.72. The Morgan fingerprint density at radius 2 is 1.79 bits per heavy atom. The van der Waals surface area contributed by atoms with Crippen molar-refractivity contribution in [3.8, 4) is 0 Å². The molecule has 0 heterocycles. The average Bonchev–Trinajstić information content (AvgIpc) is 2.42. The van der Waals surface area contributed by atoms with Crippen LogP contribution in [0.1, 0.15) is 44.2 Å². The van der Waals surface area contributed by atoms with Crippen molar-refractivity contribution in [2.24, 2.45) is 0 Å². The third-order valence-electron chi connectivity index (χ3n) is 3.06. The van der Waals surface area contributed by atoms with E-state index in [-0.39, 0.29) is 0 Å². The summed E-state index contributed by atoms with van der Waals surface area (Å²) in [7, 11) is 0. The van der Waals surface area contributed by atoms with Crippen LogP contribution in [-0.4, -0.2) is 23.8 Å². The van der Waals surface area contributed by atoms with Gasteiger partial charge in [0.05, 0.1) is 0 Å². The van der Waals surface area contributed by atoms with Crippen molar-refractivity contribution in [1.82, 2.24) is 0 Å². The second kappa shape index (κ2) is 8.70. The number of rotatable bonds is 9. The molecule has 0 aliphatic rings. The van der Waals surface area contributed by atoms with Gasteiger partial charge in [0, 0.05) is 13.0 Å². The van der Waals surface area contributed by atoms with Crippen LogP contribution in [0.5, 0.6) is 0 Å². The molecule has 3 nitrogen and oxygen atoms in total. The van der Waals surface area contributed by atoms with Crippen molar-refractivity contribution in [1.29, 1.82) is 0 Å². The number of aryl methyl sites for hydroxylation is 1. The first-order valence-corrected chi connectivity index (χ1v) is 7.09. The Bertz CT molecular complexity index is 370. The van der Waals surface area contributed by atoms with E-state index in [1.165, 1.54) is 18.4 Å². The zero-order valence-corrected chi connectivity index (χ0v) is 11.9. The van der Waals surface area contributed by atoms with Crippen molar-refractivity contribution < 1.29 is 14.6 Å². The molecule has 0 spiro atoms. The van der Waals surface area contributed by atoms with E-state index < -0.39 is 12.1 Å². The van der Waals surface area contributed by atoms with E-state index in [0.29, 0.717) is 13.0 Å². The van der Waals surface area contributed by atoms with E-state index in [4.69, 9.17) is 9.84 Å². The van der Waals surface area contributed by atoms with Gasteiger partial charge >= 0.3 is 5.97 Å². The normalized spacial score (nSPS) is 12.3. The molecule has 1 rings (SSSR count). The summed E-state index contributed by atoms with van der Waals surface area (Å²) >= 11 is 0. The van der Waals surface area contributed by atoms with Crippen LogP contribution in [-0.2, 0) is 22.4 Å². The minimum atomic E-state index is -0.886. The Morgan fingerprint density at radius 1 is 1.16 bits per heavy atom. The number of benzene rings is 1. The van der Waals surface area contributed by atoms with Gasteiger partial charge in [-0.15, -0.1) is 0 Å². The van der Waals surface area contributed by atoms with E-state index in [1.54, 1.807) is 0 Å². The van der Waals surface area contributed by atoms with E-state index in [2.05, 4.69) is 19.1 Å². The SMILES string of the molecule is CCCCc1ccc(CC(OCCC)C(=O)O)cc1. The Kier molecular flexibility index (Phi) is 7.19. The van der Waals surface area contributed by atoms with Gasteiger partial charge in [-0.3, -0.25) is 0 Å². The molecule has 1 N–H and O–H groups in total. The fourth-order valence-electron chi connectivity index (χ4n) is 1.91. The second-order valence-electron chi connectivity index (χ2n) is 4.82. The third-order valence-corrected chi connectivity index (χ3v) is 3.06. The zero-order valence-electron chi connectivity index (χ0n) is 11.9. The average molecular weight is 264 g/mol. The van der Waals surface area contributed by atoms with Crippen molar-refractivity contribution in [2.45, 2.75) is 52.1 Å². The molecule has 106 valence electrons. The Hall–Kier alpha value is -1.35. The van der Waals surface area contributed by atoms with Crippen LogP contribution in [0, 0.1) is 0 Å². The number of carboxylic acid groups (broad SMARTS) is 1. The molecule has 0 aliphatic carbocycles. The van der Waals surface area contributed by atoms with Crippen LogP contribution in [0.25, 0.3) is 0 Å². The van der Waals surface area contributed by atoms with Gasteiger partial charge in [-0.1, -0.05) is 44.5 Å². The Morgan fingerprint density at radius 3 is 2.32 bits per heavy atom. The summed E-state index contributed by atoms with van der Waals surface area (Å²) in [6.07, 6.45) is 4.00. The van der Waals surface area contributed by atoms with Crippen LogP contribution in [0.2, 0.25) is 0 Å². The Balaban J connectivity index is 2.56. The fourth-order valence-corrected chi connectivity index (χ4v) is 1.91. The van der Waals surface area contributed by atoms with Gasteiger partial charge in [-0.25, -0.2) is 4.79 Å². The summed E-state index contributed by atoms with van der Waals surface area (Å²) < 4.78 is 5.35. The minimum absolute atomic E-state index is 0.434. The van der Waals surface area contributed by atoms with Gasteiger partial charge in [0.1, 0.15) is 0 Å². The molecule has 1 unspecified atom stereocenters. The van der Waals surface area contributed by atoms with Crippen LogP contribution in [0.4, 0.5) is 0 Å². The number of aliphatic carboxylic acids is 1. The topological polar surface area (TPSA) is 46.5 Å². The molecule has 0 fully saturated rings. The summed E-state index contributed by atoms with van der Waals surface area (Å²) in [6, 6.07) is 8.19. The molecule has 1 atom stereocenters. The molecule has 0 bridgehead atoms. The molecule has 0 radical (unpaired) electrons. The van der Waals surface area contributed by atoms with Gasteiger partial charge < -0.3 is 9.84 Å². The highest BCUT2D eigenvalue weighted by atomic mass is 16.5. The molecule has 1 aromatic carbocycles. The standard InChI is InChI=1S/C16H24O3/c1-3-5-6-13-7-9-14(10-8-13)12-15(16(17)18)19-11-4-2/h7-10,15H,3-6,11-12H2,1-2H3,(H,17,18). The third kappa shape index (κ3) is 5.88. The van der Waals surface area contributed by atoms with Crippen LogP contribution < -0.4 is 0 Å². The maximum absolute atomic E-state index is 11.1. The summed E-state index contributed by atoms with van der Waals surface area (Å²) in [4.78, 5) is 11.1. The van der Waals surface area contributed by atoms with Crippen LogP contribution in [0.3, 0.4) is 0 Å². The predicted molar refractivity (Wildman–Crippen MR) is 76.4 cm³/mol. The number of carbonyl (C=O) groups is 1. The van der Waals surface area contributed by atoms with E-state index in [0.717, 1.165) is 18.4 Å². The smallest absolute Gasteiger partial charge is 0.333 e. The van der Waals surface area contributed by atoms with Crippen molar-refractivity contribution in [2.75, 3.05) is 6.61 Å². The lowest BCUT2D eigenvalue weighted by Gasteiger charge is -2.13. The quantitative estimate of drug-likeness (QED) is 0.743. The molecule has 1 aromatic rings.